The van der Waals surface area contributed by atoms with Crippen molar-refractivity contribution in [3.63, 3.8) is 0 Å². The molecule has 3 heterocycles. The van der Waals surface area contributed by atoms with Gasteiger partial charge in [-0.1, -0.05) is 12.1 Å². The van der Waals surface area contributed by atoms with E-state index < -0.39 is 0 Å². The van der Waals surface area contributed by atoms with Gasteiger partial charge in [0.15, 0.2) is 17.8 Å². The molecule has 0 spiro atoms. The van der Waals surface area contributed by atoms with Gasteiger partial charge in [0, 0.05) is 6.20 Å². The number of pyridine rings is 1. The number of guanidine groups is 1. The predicted molar refractivity (Wildman–Crippen MR) is 83.9 cm³/mol. The molecule has 0 bridgehead atoms. The van der Waals surface area contributed by atoms with Crippen molar-refractivity contribution in [2.75, 3.05) is 12.4 Å². The van der Waals surface area contributed by atoms with Crippen molar-refractivity contribution in [2.24, 2.45) is 10.7 Å². The van der Waals surface area contributed by atoms with Gasteiger partial charge in [0.05, 0.1) is 12.5 Å². The minimum atomic E-state index is -0.323. The highest BCUT2D eigenvalue weighted by Crippen LogP contribution is 2.32. The number of hydrogen-bond donors (Lipinski definition) is 2. The van der Waals surface area contributed by atoms with Crippen molar-refractivity contribution in [3.05, 3.63) is 48.2 Å². The first-order chi connectivity index (χ1) is 10.8. The van der Waals surface area contributed by atoms with Gasteiger partial charge in [0.1, 0.15) is 11.6 Å². The highest BCUT2D eigenvalue weighted by Gasteiger charge is 2.25. The Hall–Kier alpha value is -3.09. The third-order valence-electron chi connectivity index (χ3n) is 3.63. The molecule has 1 aliphatic heterocycles. The van der Waals surface area contributed by atoms with E-state index in [0.717, 1.165) is 22.5 Å². The average molecular weight is 294 g/mol. The topological polar surface area (TPSA) is 90.3 Å². The maximum absolute atomic E-state index is 5.94. The lowest BCUT2D eigenvalue weighted by Gasteiger charge is -2.22. The van der Waals surface area contributed by atoms with Crippen LogP contribution in [-0.4, -0.2) is 27.8 Å². The van der Waals surface area contributed by atoms with Crippen molar-refractivity contribution in [2.45, 2.75) is 6.17 Å². The highest BCUT2D eigenvalue weighted by molar-refractivity contribution is 6.00. The van der Waals surface area contributed by atoms with Crippen molar-refractivity contribution in [1.82, 2.24) is 14.8 Å². The maximum atomic E-state index is 5.94. The number of nitrogens with one attached hydrogen (secondary N) is 1. The van der Waals surface area contributed by atoms with Gasteiger partial charge < -0.3 is 15.8 Å². The second kappa shape index (κ2) is 4.73. The SMILES string of the molecule is COc1ccc(C2N=C(N)Nc3c4cccnc4nn32)cc1. The minimum Gasteiger partial charge on any atom is -0.497 e. The summed E-state index contributed by atoms with van der Waals surface area (Å²) in [6, 6.07) is 11.5. The Balaban J connectivity index is 1.87. The number of nitrogens with two attached hydrogens (primary N) is 1. The summed E-state index contributed by atoms with van der Waals surface area (Å²) in [5.41, 5.74) is 7.57. The summed E-state index contributed by atoms with van der Waals surface area (Å²) >= 11 is 0. The number of rotatable bonds is 2. The Kier molecular flexibility index (Phi) is 2.72. The average Bonchev–Trinajstić information content (AvgIpc) is 2.93. The summed E-state index contributed by atoms with van der Waals surface area (Å²) < 4.78 is 6.99. The molecule has 0 saturated carbocycles. The fourth-order valence-electron chi connectivity index (χ4n) is 2.57. The monoisotopic (exact) mass is 294 g/mol. The van der Waals surface area contributed by atoms with E-state index in [9.17, 15) is 0 Å². The number of ether oxygens (including phenoxy) is 1. The van der Waals surface area contributed by atoms with E-state index in [1.54, 1.807) is 18.0 Å². The van der Waals surface area contributed by atoms with Crippen LogP contribution in [0.15, 0.2) is 47.6 Å². The Morgan fingerprint density at radius 1 is 1.23 bits per heavy atom. The Bertz CT molecular complexity index is 867. The molecule has 3 N–H and O–H groups in total. The first kappa shape index (κ1) is 12.6. The predicted octanol–water partition coefficient (Wildman–Crippen LogP) is 1.73. The second-order valence-electron chi connectivity index (χ2n) is 4.95. The summed E-state index contributed by atoms with van der Waals surface area (Å²) in [7, 11) is 1.64. The first-order valence-electron chi connectivity index (χ1n) is 6.84. The minimum absolute atomic E-state index is 0.323. The van der Waals surface area contributed by atoms with Crippen LogP contribution in [0.3, 0.4) is 0 Å². The molecule has 1 aromatic carbocycles. The van der Waals surface area contributed by atoms with Gasteiger partial charge in [-0.2, -0.15) is 0 Å². The standard InChI is InChI=1S/C15H14N6O/c1-22-10-6-4-9(5-7-10)13-18-15(16)19-14-11-3-2-8-17-12(11)20-21(13)14/h2-8,13H,1H3,(H3,16,18,19). The molecule has 2 aromatic heterocycles. The van der Waals surface area contributed by atoms with Crippen LogP contribution in [0, 0.1) is 0 Å². The van der Waals surface area contributed by atoms with E-state index in [0.29, 0.717) is 11.6 Å². The normalized spacial score (nSPS) is 16.8. The van der Waals surface area contributed by atoms with Crippen molar-refractivity contribution in [1.29, 1.82) is 0 Å². The zero-order valence-electron chi connectivity index (χ0n) is 11.9. The van der Waals surface area contributed by atoms with Gasteiger partial charge in [-0.25, -0.2) is 14.7 Å². The van der Waals surface area contributed by atoms with E-state index in [-0.39, 0.29) is 6.17 Å². The van der Waals surface area contributed by atoms with Crippen LogP contribution in [0.5, 0.6) is 5.75 Å². The van der Waals surface area contributed by atoms with Crippen LogP contribution >= 0.6 is 0 Å². The number of methoxy groups -OCH3 is 1. The zero-order valence-corrected chi connectivity index (χ0v) is 11.9. The molecule has 110 valence electrons. The Labute approximate surface area is 126 Å². The molecule has 1 atom stereocenters. The second-order valence-corrected chi connectivity index (χ2v) is 4.95. The molecule has 0 aliphatic carbocycles. The number of anilines is 1. The van der Waals surface area contributed by atoms with Crippen molar-refractivity contribution in [3.8, 4) is 5.75 Å². The third-order valence-corrected chi connectivity index (χ3v) is 3.63. The summed E-state index contributed by atoms with van der Waals surface area (Å²) in [4.78, 5) is 8.74. The smallest absolute Gasteiger partial charge is 0.196 e. The van der Waals surface area contributed by atoms with Crippen LogP contribution in [0.25, 0.3) is 11.0 Å². The molecule has 1 unspecified atom stereocenters. The Morgan fingerprint density at radius 2 is 2.05 bits per heavy atom. The number of aliphatic imine (C=N–C) groups is 1. The van der Waals surface area contributed by atoms with Gasteiger partial charge in [-0.15, -0.1) is 5.10 Å². The van der Waals surface area contributed by atoms with Crippen LogP contribution < -0.4 is 15.8 Å². The molecule has 1 aliphatic rings. The van der Waals surface area contributed by atoms with Crippen LogP contribution in [0.2, 0.25) is 0 Å². The Morgan fingerprint density at radius 3 is 2.82 bits per heavy atom. The molecular formula is C15H14N6O. The summed E-state index contributed by atoms with van der Waals surface area (Å²) in [5.74, 6) is 1.96. The van der Waals surface area contributed by atoms with Gasteiger partial charge in [0.2, 0.25) is 0 Å². The van der Waals surface area contributed by atoms with Crippen LogP contribution in [0.1, 0.15) is 11.7 Å². The summed E-state index contributed by atoms with van der Waals surface area (Å²) in [5, 5.41) is 8.52. The van der Waals surface area contributed by atoms with Crippen LogP contribution in [-0.2, 0) is 0 Å². The molecule has 22 heavy (non-hydrogen) atoms. The lowest BCUT2D eigenvalue weighted by molar-refractivity contribution is 0.414. The largest absolute Gasteiger partial charge is 0.497 e. The van der Waals surface area contributed by atoms with Crippen LogP contribution in [0.4, 0.5) is 5.82 Å². The van der Waals surface area contributed by atoms with Gasteiger partial charge in [0.25, 0.3) is 0 Å². The van der Waals surface area contributed by atoms with Gasteiger partial charge >= 0.3 is 0 Å². The lowest BCUT2D eigenvalue weighted by atomic mass is 10.1. The van der Waals surface area contributed by atoms with E-state index in [1.165, 1.54) is 0 Å². The third kappa shape index (κ3) is 1.86. The highest BCUT2D eigenvalue weighted by atomic mass is 16.5. The number of aromatic nitrogens is 3. The van der Waals surface area contributed by atoms with E-state index >= 15 is 0 Å². The quantitative estimate of drug-likeness (QED) is 0.751. The van der Waals surface area contributed by atoms with Gasteiger partial charge in [-0.3, -0.25) is 0 Å². The fraction of sp³-hybridized carbons (Fsp3) is 0.133. The molecular weight excluding hydrogens is 280 g/mol. The maximum Gasteiger partial charge on any atom is 0.196 e. The molecule has 0 saturated heterocycles. The van der Waals surface area contributed by atoms with Gasteiger partial charge in [-0.05, 0) is 29.8 Å². The molecule has 3 aromatic rings. The summed E-state index contributed by atoms with van der Waals surface area (Å²) in [6.07, 6.45) is 1.39. The molecule has 4 rings (SSSR count). The number of benzene rings is 1. The molecule has 0 fully saturated rings. The first-order valence-corrected chi connectivity index (χ1v) is 6.84. The number of hydrogen-bond acceptors (Lipinski definition) is 6. The van der Waals surface area contributed by atoms with Crippen molar-refractivity contribution >= 4 is 22.8 Å². The van der Waals surface area contributed by atoms with E-state index in [4.69, 9.17) is 10.5 Å². The molecule has 7 nitrogen and oxygen atoms in total. The number of fused-ring (bicyclic) bond motifs is 3. The number of nitrogens with zero attached hydrogens (tertiary/aromatic N) is 4. The van der Waals surface area contributed by atoms with E-state index in [1.807, 2.05) is 36.4 Å². The fourth-order valence-corrected chi connectivity index (χ4v) is 2.57. The summed E-state index contributed by atoms with van der Waals surface area (Å²) in [6.45, 7) is 0. The van der Waals surface area contributed by atoms with Crippen molar-refractivity contribution < 1.29 is 4.74 Å². The van der Waals surface area contributed by atoms with E-state index in [2.05, 4.69) is 20.4 Å². The molecule has 0 radical (unpaired) electrons. The molecule has 0 amide bonds. The lowest BCUT2D eigenvalue weighted by Crippen LogP contribution is -2.31. The molecule has 7 heteroatoms. The zero-order chi connectivity index (χ0) is 15.1.